The lowest BCUT2D eigenvalue weighted by Crippen LogP contribution is -1.90. The zero-order valence-corrected chi connectivity index (χ0v) is 5.70. The molecule has 1 atom stereocenters. The summed E-state index contributed by atoms with van der Waals surface area (Å²) in [6.07, 6.45) is -1.45. The molecular weight excluding hydrogens is 147 g/mol. The number of rotatable bonds is 2. The fraction of sp³-hybridized carbons (Fsp3) is 0.125. The number of phenolic OH excluding ortho intramolecular Hbond substituents is 1. The highest BCUT2D eigenvalue weighted by Crippen LogP contribution is 2.18. The molecule has 1 unspecified atom stereocenters. The fourth-order valence-corrected chi connectivity index (χ4v) is 0.775. The Balaban J connectivity index is 2.95. The van der Waals surface area contributed by atoms with Crippen molar-refractivity contribution in [3.63, 3.8) is 0 Å². The Labute approximate surface area is 63.3 Å². The maximum Gasteiger partial charge on any atom is 0.180 e. The minimum atomic E-state index is -1.64. The molecule has 0 heterocycles. The van der Waals surface area contributed by atoms with Gasteiger partial charge in [0.2, 0.25) is 0 Å². The first kappa shape index (κ1) is 7.72. The molecule has 0 saturated heterocycles. The second-order valence-corrected chi connectivity index (χ2v) is 2.13. The third-order valence-electron chi connectivity index (χ3n) is 1.31. The number of aldehydes is 1. The predicted octanol–water partition coefficient (Wildman–Crippen LogP) is 1.60. The molecule has 1 aromatic carbocycles. The molecule has 0 radical (unpaired) electrons. The Morgan fingerprint density at radius 2 is 2.27 bits per heavy atom. The van der Waals surface area contributed by atoms with Crippen LogP contribution in [-0.4, -0.2) is 11.4 Å². The minimum Gasteiger partial charge on any atom is -0.508 e. The number of hydrogen-bond acceptors (Lipinski definition) is 2. The molecule has 11 heavy (non-hydrogen) atoms. The third-order valence-corrected chi connectivity index (χ3v) is 1.31. The van der Waals surface area contributed by atoms with Crippen molar-refractivity contribution in [2.45, 2.75) is 6.17 Å². The molecule has 0 aliphatic carbocycles. The van der Waals surface area contributed by atoms with Crippen LogP contribution >= 0.6 is 0 Å². The van der Waals surface area contributed by atoms with Gasteiger partial charge in [0, 0.05) is 0 Å². The van der Waals surface area contributed by atoms with Crippen LogP contribution in [-0.2, 0) is 4.79 Å². The van der Waals surface area contributed by atoms with Crippen LogP contribution in [0.15, 0.2) is 24.3 Å². The molecule has 0 saturated carbocycles. The molecule has 1 N–H and O–H groups in total. The lowest BCUT2D eigenvalue weighted by atomic mass is 10.1. The second-order valence-electron chi connectivity index (χ2n) is 2.13. The first-order chi connectivity index (χ1) is 5.24. The Bertz CT molecular complexity index is 260. The smallest absolute Gasteiger partial charge is 0.180 e. The molecule has 0 spiro atoms. The van der Waals surface area contributed by atoms with Gasteiger partial charge in [0.15, 0.2) is 12.5 Å². The number of halogens is 1. The number of carbonyl (C=O) groups is 1. The highest BCUT2D eigenvalue weighted by molar-refractivity contribution is 5.60. The number of carbonyl (C=O) groups excluding carboxylic acids is 1. The van der Waals surface area contributed by atoms with Gasteiger partial charge in [0.05, 0.1) is 0 Å². The van der Waals surface area contributed by atoms with Crippen molar-refractivity contribution in [2.24, 2.45) is 0 Å². The van der Waals surface area contributed by atoms with Crippen molar-refractivity contribution < 1.29 is 14.3 Å². The van der Waals surface area contributed by atoms with Gasteiger partial charge in [-0.3, -0.25) is 4.79 Å². The van der Waals surface area contributed by atoms with Crippen LogP contribution in [0, 0.1) is 0 Å². The molecule has 1 rings (SSSR count). The van der Waals surface area contributed by atoms with E-state index in [4.69, 9.17) is 5.11 Å². The van der Waals surface area contributed by atoms with Gasteiger partial charge in [-0.1, -0.05) is 12.1 Å². The van der Waals surface area contributed by atoms with Gasteiger partial charge in [-0.2, -0.15) is 0 Å². The van der Waals surface area contributed by atoms with Crippen LogP contribution in [0.3, 0.4) is 0 Å². The molecule has 58 valence electrons. The van der Waals surface area contributed by atoms with Crippen molar-refractivity contribution >= 4 is 6.29 Å². The van der Waals surface area contributed by atoms with Crippen LogP contribution in [0.5, 0.6) is 5.75 Å². The fourth-order valence-electron chi connectivity index (χ4n) is 0.775. The van der Waals surface area contributed by atoms with E-state index in [2.05, 4.69) is 0 Å². The minimum absolute atomic E-state index is 0.0352. The van der Waals surface area contributed by atoms with Crippen molar-refractivity contribution in [1.82, 2.24) is 0 Å². The summed E-state index contributed by atoms with van der Waals surface area (Å²) in [5, 5.41) is 8.87. The molecule has 0 aliphatic rings. The van der Waals surface area contributed by atoms with E-state index in [1.54, 1.807) is 0 Å². The van der Waals surface area contributed by atoms with E-state index in [1.807, 2.05) is 0 Å². The number of benzene rings is 1. The van der Waals surface area contributed by atoms with Crippen molar-refractivity contribution in [3.8, 4) is 5.75 Å². The molecule has 2 nitrogen and oxygen atoms in total. The lowest BCUT2D eigenvalue weighted by Gasteiger charge is -1.99. The topological polar surface area (TPSA) is 37.3 Å². The Morgan fingerprint density at radius 1 is 1.55 bits per heavy atom. The number of alkyl halides is 1. The summed E-state index contributed by atoms with van der Waals surface area (Å²) in [5.41, 5.74) is 0.181. The zero-order valence-electron chi connectivity index (χ0n) is 5.70. The molecule has 0 fully saturated rings. The van der Waals surface area contributed by atoms with E-state index in [0.717, 1.165) is 0 Å². The normalized spacial score (nSPS) is 12.5. The van der Waals surface area contributed by atoms with Crippen LogP contribution in [0.1, 0.15) is 11.7 Å². The van der Waals surface area contributed by atoms with Gasteiger partial charge < -0.3 is 5.11 Å². The van der Waals surface area contributed by atoms with Crippen LogP contribution in [0.2, 0.25) is 0 Å². The summed E-state index contributed by atoms with van der Waals surface area (Å²) >= 11 is 0. The summed E-state index contributed by atoms with van der Waals surface area (Å²) in [6.45, 7) is 0. The highest BCUT2D eigenvalue weighted by atomic mass is 19.1. The molecule has 0 amide bonds. The van der Waals surface area contributed by atoms with Gasteiger partial charge >= 0.3 is 0 Å². The van der Waals surface area contributed by atoms with Crippen molar-refractivity contribution in [1.29, 1.82) is 0 Å². The Morgan fingerprint density at radius 3 is 2.82 bits per heavy atom. The van der Waals surface area contributed by atoms with Gasteiger partial charge in [0.25, 0.3) is 0 Å². The summed E-state index contributed by atoms with van der Waals surface area (Å²) in [6, 6.07) is 5.57. The van der Waals surface area contributed by atoms with Crippen LogP contribution < -0.4 is 0 Å². The van der Waals surface area contributed by atoms with Crippen molar-refractivity contribution in [3.05, 3.63) is 29.8 Å². The maximum absolute atomic E-state index is 12.6. The summed E-state index contributed by atoms with van der Waals surface area (Å²) in [7, 11) is 0. The van der Waals surface area contributed by atoms with Crippen LogP contribution in [0.4, 0.5) is 4.39 Å². The van der Waals surface area contributed by atoms with Gasteiger partial charge in [-0.05, 0) is 17.7 Å². The number of aromatic hydroxyl groups is 1. The van der Waals surface area contributed by atoms with Gasteiger partial charge in [-0.15, -0.1) is 0 Å². The lowest BCUT2D eigenvalue weighted by molar-refractivity contribution is -0.112. The highest BCUT2D eigenvalue weighted by Gasteiger charge is 2.06. The molecular formula is C8H7FO2. The molecule has 0 bridgehead atoms. The van der Waals surface area contributed by atoms with E-state index in [9.17, 15) is 9.18 Å². The van der Waals surface area contributed by atoms with E-state index in [1.165, 1.54) is 24.3 Å². The predicted molar refractivity (Wildman–Crippen MR) is 38.0 cm³/mol. The average Bonchev–Trinajstić information content (AvgIpc) is 2.03. The first-order valence-electron chi connectivity index (χ1n) is 3.12. The first-order valence-corrected chi connectivity index (χ1v) is 3.12. The van der Waals surface area contributed by atoms with E-state index >= 15 is 0 Å². The van der Waals surface area contributed by atoms with Crippen molar-refractivity contribution in [2.75, 3.05) is 0 Å². The molecule has 0 aliphatic heterocycles. The third kappa shape index (κ3) is 1.77. The SMILES string of the molecule is O=CC(F)c1cccc(O)c1. The second kappa shape index (κ2) is 3.14. The van der Waals surface area contributed by atoms with Gasteiger partial charge in [0.1, 0.15) is 5.75 Å². The monoisotopic (exact) mass is 154 g/mol. The number of phenols is 1. The molecule has 0 aromatic heterocycles. The van der Waals surface area contributed by atoms with E-state index in [-0.39, 0.29) is 17.6 Å². The summed E-state index contributed by atoms with van der Waals surface area (Å²) < 4.78 is 12.6. The summed E-state index contributed by atoms with van der Waals surface area (Å²) in [4.78, 5) is 9.96. The standard InChI is InChI=1S/C8H7FO2/c9-8(5-10)6-2-1-3-7(11)4-6/h1-5,8,11H. The van der Waals surface area contributed by atoms with Gasteiger partial charge in [-0.25, -0.2) is 4.39 Å². The molecule has 3 heteroatoms. The van der Waals surface area contributed by atoms with E-state index in [0.29, 0.717) is 0 Å². The van der Waals surface area contributed by atoms with E-state index < -0.39 is 6.17 Å². The Hall–Kier alpha value is -1.38. The molecule has 1 aromatic rings. The summed E-state index contributed by atoms with van der Waals surface area (Å²) in [5.74, 6) is -0.0352. The zero-order chi connectivity index (χ0) is 8.27. The number of hydrogen-bond donors (Lipinski definition) is 1. The maximum atomic E-state index is 12.6. The largest absolute Gasteiger partial charge is 0.508 e. The Kier molecular flexibility index (Phi) is 2.21. The average molecular weight is 154 g/mol. The van der Waals surface area contributed by atoms with Crippen LogP contribution in [0.25, 0.3) is 0 Å². The quantitative estimate of drug-likeness (QED) is 0.657.